The van der Waals surface area contributed by atoms with E-state index in [9.17, 15) is 14.4 Å². The number of aryl methyl sites for hydroxylation is 3. The highest BCUT2D eigenvalue weighted by molar-refractivity contribution is 9.10. The summed E-state index contributed by atoms with van der Waals surface area (Å²) in [5.74, 6) is -0.815. The number of ether oxygens (including phenoxy) is 2. The molecule has 0 spiro atoms. The van der Waals surface area contributed by atoms with Gasteiger partial charge in [-0.3, -0.25) is 14.9 Å². The van der Waals surface area contributed by atoms with Gasteiger partial charge in [0, 0.05) is 4.47 Å². The van der Waals surface area contributed by atoms with Crippen molar-refractivity contribution in [1.82, 2.24) is 5.32 Å². The summed E-state index contributed by atoms with van der Waals surface area (Å²) in [5, 5.41) is 2.49. The fourth-order valence-electron chi connectivity index (χ4n) is 3.95. The Labute approximate surface area is 234 Å². The average Bonchev–Trinajstić information content (AvgIpc) is 2.85. The summed E-state index contributed by atoms with van der Waals surface area (Å²) in [4.78, 5) is 39.4. The van der Waals surface area contributed by atoms with Crippen LogP contribution >= 0.6 is 27.5 Å². The molecule has 0 atom stereocenters. The van der Waals surface area contributed by atoms with E-state index in [2.05, 4.69) is 27.3 Å². The lowest BCUT2D eigenvalue weighted by Gasteiger charge is -2.26. The minimum atomic E-state index is -0.818. The molecule has 0 bridgehead atoms. The molecular weight excluding hydrogens is 572 g/mol. The molecule has 38 heavy (non-hydrogen) atoms. The van der Waals surface area contributed by atoms with Crippen LogP contribution in [0.1, 0.15) is 34.7 Å². The molecule has 4 rings (SSSR count). The first kappa shape index (κ1) is 27.4. The second kappa shape index (κ2) is 11.4. The van der Waals surface area contributed by atoms with E-state index in [0.717, 1.165) is 26.1 Å². The van der Waals surface area contributed by atoms with Crippen molar-refractivity contribution in [2.75, 3.05) is 11.5 Å². The number of hydrogen-bond donors (Lipinski definition) is 1. The number of halogens is 2. The van der Waals surface area contributed by atoms with Crippen LogP contribution in [0.2, 0.25) is 5.02 Å². The maximum Gasteiger partial charge on any atom is 0.335 e. The van der Waals surface area contributed by atoms with Gasteiger partial charge in [0.1, 0.15) is 12.2 Å². The predicted octanol–water partition coefficient (Wildman–Crippen LogP) is 6.67. The highest BCUT2D eigenvalue weighted by Crippen LogP contribution is 2.38. The van der Waals surface area contributed by atoms with Crippen LogP contribution in [0.4, 0.5) is 10.5 Å². The van der Waals surface area contributed by atoms with Crippen LogP contribution in [0.25, 0.3) is 6.08 Å². The minimum Gasteiger partial charge on any atom is -0.490 e. The van der Waals surface area contributed by atoms with Gasteiger partial charge in [0.15, 0.2) is 11.5 Å². The number of anilines is 1. The lowest BCUT2D eigenvalue weighted by atomic mass is 10.1. The second-order valence-electron chi connectivity index (χ2n) is 8.86. The fraction of sp³-hybridized carbons (Fsp3) is 0.207. The van der Waals surface area contributed by atoms with E-state index in [4.69, 9.17) is 21.1 Å². The van der Waals surface area contributed by atoms with Gasteiger partial charge in [-0.15, -0.1) is 0 Å². The lowest BCUT2D eigenvalue weighted by Crippen LogP contribution is -2.54. The third-order valence-corrected chi connectivity index (χ3v) is 7.27. The summed E-state index contributed by atoms with van der Waals surface area (Å²) in [7, 11) is 0. The molecule has 0 aliphatic carbocycles. The lowest BCUT2D eigenvalue weighted by molar-refractivity contribution is -0.122. The zero-order valence-electron chi connectivity index (χ0n) is 21.4. The van der Waals surface area contributed by atoms with Crippen LogP contribution in [-0.4, -0.2) is 24.5 Å². The molecule has 3 aromatic carbocycles. The van der Waals surface area contributed by atoms with E-state index in [1.54, 1.807) is 30.3 Å². The third-order valence-electron chi connectivity index (χ3n) is 6.10. The highest BCUT2D eigenvalue weighted by atomic mass is 79.9. The van der Waals surface area contributed by atoms with Gasteiger partial charge in [-0.2, -0.15) is 0 Å². The molecule has 0 unspecified atom stereocenters. The van der Waals surface area contributed by atoms with Gasteiger partial charge in [0.2, 0.25) is 0 Å². The maximum atomic E-state index is 13.3. The number of barbiturate groups is 1. The Hall–Kier alpha value is -3.62. The number of carbonyl (C=O) groups is 3. The molecule has 4 amide bonds. The van der Waals surface area contributed by atoms with Crippen molar-refractivity contribution in [3.8, 4) is 11.5 Å². The molecule has 1 aliphatic heterocycles. The topological polar surface area (TPSA) is 84.9 Å². The normalized spacial score (nSPS) is 14.6. The van der Waals surface area contributed by atoms with Crippen LogP contribution in [-0.2, 0) is 16.2 Å². The van der Waals surface area contributed by atoms with Crippen LogP contribution in [0.3, 0.4) is 0 Å². The van der Waals surface area contributed by atoms with Gasteiger partial charge in [-0.1, -0.05) is 45.7 Å². The average molecular weight is 598 g/mol. The Bertz CT molecular complexity index is 1480. The van der Waals surface area contributed by atoms with Crippen LogP contribution in [0, 0.1) is 20.8 Å². The Morgan fingerprint density at radius 2 is 1.71 bits per heavy atom. The predicted molar refractivity (Wildman–Crippen MR) is 151 cm³/mol. The molecule has 1 N–H and O–H groups in total. The van der Waals surface area contributed by atoms with Crippen LogP contribution in [0.5, 0.6) is 11.5 Å². The van der Waals surface area contributed by atoms with E-state index >= 15 is 0 Å². The van der Waals surface area contributed by atoms with Crippen molar-refractivity contribution >= 4 is 57.1 Å². The molecule has 0 aromatic heterocycles. The fourth-order valence-corrected chi connectivity index (χ4v) is 4.47. The molecule has 0 radical (unpaired) electrons. The molecule has 196 valence electrons. The van der Waals surface area contributed by atoms with Crippen molar-refractivity contribution in [2.24, 2.45) is 0 Å². The standard InChI is InChI=1S/C29H26BrClN2O5/c1-5-37-25-14-20(13-24(31)26(25)38-15-19-7-6-16(2)17(3)10-19)12-22-27(34)32-29(36)33(28(22)35)21-8-9-23(30)18(4)11-21/h6-14H,5,15H2,1-4H3,(H,32,34,36)/b22-12-. The van der Waals surface area contributed by atoms with Crippen LogP contribution in [0.15, 0.2) is 58.6 Å². The smallest absolute Gasteiger partial charge is 0.335 e. The Balaban J connectivity index is 1.66. The zero-order chi connectivity index (χ0) is 27.6. The van der Waals surface area contributed by atoms with Gasteiger partial charge in [0.25, 0.3) is 11.8 Å². The molecule has 7 nitrogen and oxygen atoms in total. The Morgan fingerprint density at radius 3 is 2.39 bits per heavy atom. The largest absolute Gasteiger partial charge is 0.490 e. The van der Waals surface area contributed by atoms with Crippen molar-refractivity contribution in [2.45, 2.75) is 34.3 Å². The van der Waals surface area contributed by atoms with Crippen molar-refractivity contribution in [3.63, 3.8) is 0 Å². The first-order valence-corrected chi connectivity index (χ1v) is 13.1. The summed E-state index contributed by atoms with van der Waals surface area (Å²) in [6.07, 6.45) is 1.38. The number of carbonyl (C=O) groups excluding carboxylic acids is 3. The first-order chi connectivity index (χ1) is 18.1. The highest BCUT2D eigenvalue weighted by Gasteiger charge is 2.37. The van der Waals surface area contributed by atoms with Gasteiger partial charge >= 0.3 is 6.03 Å². The Kier molecular flexibility index (Phi) is 8.23. The monoisotopic (exact) mass is 596 g/mol. The van der Waals surface area contributed by atoms with Crippen molar-refractivity contribution in [3.05, 3.63) is 91.4 Å². The van der Waals surface area contributed by atoms with E-state index in [-0.39, 0.29) is 17.2 Å². The first-order valence-electron chi connectivity index (χ1n) is 11.9. The molecule has 1 saturated heterocycles. The number of imide groups is 2. The van der Waals surface area contributed by atoms with E-state index in [0.29, 0.717) is 29.4 Å². The SMILES string of the molecule is CCOc1cc(/C=C2/C(=O)NC(=O)N(c3ccc(Br)c(C)c3)C2=O)cc(Cl)c1OCc1ccc(C)c(C)c1. The summed E-state index contributed by atoms with van der Waals surface area (Å²) in [6, 6.07) is 13.5. The zero-order valence-corrected chi connectivity index (χ0v) is 23.7. The maximum absolute atomic E-state index is 13.3. The molecule has 9 heteroatoms. The number of benzene rings is 3. The van der Waals surface area contributed by atoms with E-state index < -0.39 is 17.8 Å². The third kappa shape index (κ3) is 5.76. The van der Waals surface area contributed by atoms with Crippen molar-refractivity contribution in [1.29, 1.82) is 0 Å². The molecular formula is C29H26BrClN2O5. The number of hydrogen-bond acceptors (Lipinski definition) is 5. The number of amides is 4. The van der Waals surface area contributed by atoms with E-state index in [1.165, 1.54) is 11.6 Å². The van der Waals surface area contributed by atoms with Gasteiger partial charge < -0.3 is 9.47 Å². The summed E-state index contributed by atoms with van der Waals surface area (Å²) < 4.78 is 12.6. The Morgan fingerprint density at radius 1 is 0.947 bits per heavy atom. The molecule has 3 aromatic rings. The molecule has 1 fully saturated rings. The molecule has 0 saturated carbocycles. The summed E-state index contributed by atoms with van der Waals surface area (Å²) >= 11 is 9.98. The number of urea groups is 1. The quantitative estimate of drug-likeness (QED) is 0.243. The van der Waals surface area contributed by atoms with Gasteiger partial charge in [0.05, 0.1) is 17.3 Å². The van der Waals surface area contributed by atoms with E-state index in [1.807, 2.05) is 39.8 Å². The summed E-state index contributed by atoms with van der Waals surface area (Å²) in [5.41, 5.74) is 4.73. The summed E-state index contributed by atoms with van der Waals surface area (Å²) in [6.45, 7) is 8.38. The van der Waals surface area contributed by atoms with Gasteiger partial charge in [-0.25, -0.2) is 9.69 Å². The number of rotatable bonds is 7. The van der Waals surface area contributed by atoms with Crippen LogP contribution < -0.4 is 19.7 Å². The van der Waals surface area contributed by atoms with Gasteiger partial charge in [-0.05, 0) is 91.9 Å². The minimum absolute atomic E-state index is 0.215. The molecule has 1 aliphatic rings. The number of nitrogens with one attached hydrogen (secondary N) is 1. The second-order valence-corrected chi connectivity index (χ2v) is 10.1. The molecule has 1 heterocycles. The number of nitrogens with zero attached hydrogens (tertiary/aromatic N) is 1. The van der Waals surface area contributed by atoms with Crippen molar-refractivity contribution < 1.29 is 23.9 Å².